The molecule has 4 aromatic rings. The number of pyridine rings is 2. The van der Waals surface area contributed by atoms with Gasteiger partial charge in [0.2, 0.25) is 11.8 Å². The van der Waals surface area contributed by atoms with Gasteiger partial charge in [0.25, 0.3) is 11.5 Å². The van der Waals surface area contributed by atoms with Crippen molar-refractivity contribution in [3.63, 3.8) is 0 Å². The minimum absolute atomic E-state index is 0.148. The zero-order valence-electron chi connectivity index (χ0n) is 19.7. The smallest absolute Gasteiger partial charge is 0.276 e. The van der Waals surface area contributed by atoms with E-state index >= 15 is 0 Å². The Morgan fingerprint density at radius 1 is 1.17 bits per heavy atom. The Labute approximate surface area is 201 Å². The number of aryl methyl sites for hydroxylation is 3. The molecule has 5 rings (SSSR count). The quantitative estimate of drug-likeness (QED) is 0.452. The van der Waals surface area contributed by atoms with Crippen LogP contribution in [0.4, 0.5) is 5.95 Å². The van der Waals surface area contributed by atoms with Crippen molar-refractivity contribution in [3.8, 4) is 17.1 Å². The molecule has 11 nitrogen and oxygen atoms in total. The molecule has 35 heavy (non-hydrogen) atoms. The topological polar surface area (TPSA) is 129 Å². The molecule has 0 aromatic carbocycles. The summed E-state index contributed by atoms with van der Waals surface area (Å²) in [5.41, 5.74) is 3.04. The van der Waals surface area contributed by atoms with Crippen LogP contribution in [0.5, 0.6) is 5.88 Å². The summed E-state index contributed by atoms with van der Waals surface area (Å²) in [6, 6.07) is 5.13. The van der Waals surface area contributed by atoms with E-state index in [9.17, 15) is 14.7 Å². The maximum atomic E-state index is 13.3. The van der Waals surface area contributed by atoms with E-state index in [0.717, 1.165) is 24.8 Å². The molecule has 2 bridgehead atoms. The summed E-state index contributed by atoms with van der Waals surface area (Å²) >= 11 is 0. The largest absolute Gasteiger partial charge is 0.477 e. The van der Waals surface area contributed by atoms with Crippen LogP contribution in [0.25, 0.3) is 22.3 Å². The number of aromatic nitrogens is 6. The number of aliphatic hydroxyl groups is 1. The standard InChI is InChI=1S/C24H27N7O4/c1-15-12-16-13-19(26-15)17-14-25-29(2)23(17)35-11-5-3-4-7-31-20-18(27-24(31)28-21(16)33)6-8-30(9-10-32)22(20)34/h6,8,12-14,32H,3-5,7,9-11H2,1-2H3,(H,27,28,33). The summed E-state index contributed by atoms with van der Waals surface area (Å²) in [6.07, 6.45) is 5.72. The molecule has 182 valence electrons. The molecule has 1 amide bonds. The minimum atomic E-state index is -0.356. The summed E-state index contributed by atoms with van der Waals surface area (Å²) in [6.45, 7) is 2.87. The number of carbonyl (C=O) groups excluding carboxylic acids is 1. The number of hydrogen-bond acceptors (Lipinski definition) is 7. The number of fused-ring (bicyclic) bond motifs is 7. The monoisotopic (exact) mass is 477 g/mol. The van der Waals surface area contributed by atoms with Crippen LogP contribution >= 0.6 is 0 Å². The predicted octanol–water partition coefficient (Wildman–Crippen LogP) is 2.11. The van der Waals surface area contributed by atoms with Gasteiger partial charge >= 0.3 is 0 Å². The molecule has 1 aliphatic heterocycles. The third-order valence-corrected chi connectivity index (χ3v) is 6.08. The first-order chi connectivity index (χ1) is 17.0. The van der Waals surface area contributed by atoms with Gasteiger partial charge in [-0.25, -0.2) is 9.67 Å². The van der Waals surface area contributed by atoms with Gasteiger partial charge in [-0.2, -0.15) is 5.10 Å². The van der Waals surface area contributed by atoms with Crippen molar-refractivity contribution in [3.05, 3.63) is 52.2 Å². The van der Waals surface area contributed by atoms with Crippen molar-refractivity contribution in [1.82, 2.24) is 28.9 Å². The number of aliphatic hydroxyl groups excluding tert-OH is 1. The second-order valence-corrected chi connectivity index (χ2v) is 8.59. The number of anilines is 1. The normalized spacial score (nSPS) is 14.4. The number of nitrogens with zero attached hydrogens (tertiary/aromatic N) is 6. The Bertz CT molecular complexity index is 1470. The first kappa shape index (κ1) is 22.8. The van der Waals surface area contributed by atoms with Crippen LogP contribution in [-0.4, -0.2) is 53.1 Å². The first-order valence-corrected chi connectivity index (χ1v) is 11.6. The molecule has 0 saturated carbocycles. The van der Waals surface area contributed by atoms with E-state index in [1.165, 1.54) is 4.57 Å². The Morgan fingerprint density at radius 3 is 2.86 bits per heavy atom. The van der Waals surface area contributed by atoms with E-state index in [4.69, 9.17) is 4.74 Å². The van der Waals surface area contributed by atoms with Crippen LogP contribution in [0.3, 0.4) is 0 Å². The molecule has 0 radical (unpaired) electrons. The van der Waals surface area contributed by atoms with E-state index in [0.29, 0.717) is 53.0 Å². The van der Waals surface area contributed by atoms with E-state index in [1.54, 1.807) is 39.8 Å². The van der Waals surface area contributed by atoms with Crippen molar-refractivity contribution in [2.24, 2.45) is 7.05 Å². The van der Waals surface area contributed by atoms with Crippen LogP contribution in [0.2, 0.25) is 0 Å². The summed E-state index contributed by atoms with van der Waals surface area (Å²) in [4.78, 5) is 35.6. The second kappa shape index (κ2) is 9.34. The lowest BCUT2D eigenvalue weighted by Crippen LogP contribution is -2.24. The molecule has 4 aromatic heterocycles. The Morgan fingerprint density at radius 2 is 2.03 bits per heavy atom. The highest BCUT2D eigenvalue weighted by atomic mass is 16.5. The van der Waals surface area contributed by atoms with Crippen LogP contribution < -0.4 is 15.6 Å². The lowest BCUT2D eigenvalue weighted by Gasteiger charge is -2.11. The van der Waals surface area contributed by atoms with Gasteiger partial charge in [0.15, 0.2) is 0 Å². The molecule has 11 heteroatoms. The summed E-state index contributed by atoms with van der Waals surface area (Å²) in [5.74, 6) is 0.561. The minimum Gasteiger partial charge on any atom is -0.477 e. The molecule has 5 heterocycles. The van der Waals surface area contributed by atoms with Gasteiger partial charge in [-0.3, -0.25) is 19.9 Å². The van der Waals surface area contributed by atoms with Gasteiger partial charge in [0.05, 0.1) is 36.2 Å². The van der Waals surface area contributed by atoms with Crippen molar-refractivity contribution in [2.75, 3.05) is 18.5 Å². The van der Waals surface area contributed by atoms with E-state index < -0.39 is 0 Å². The molecule has 0 saturated heterocycles. The maximum absolute atomic E-state index is 13.3. The van der Waals surface area contributed by atoms with Crippen LogP contribution in [0.15, 0.2) is 35.4 Å². The fraction of sp³-hybridized carbons (Fsp3) is 0.375. The summed E-state index contributed by atoms with van der Waals surface area (Å²) < 4.78 is 10.9. The Balaban J connectivity index is 1.61. The average Bonchev–Trinajstić information content (AvgIpc) is 3.37. The third-order valence-electron chi connectivity index (χ3n) is 6.08. The zero-order chi connectivity index (χ0) is 24.5. The third kappa shape index (κ3) is 4.30. The van der Waals surface area contributed by atoms with Crippen LogP contribution in [0, 0.1) is 6.92 Å². The fourth-order valence-electron chi connectivity index (χ4n) is 4.38. The second-order valence-electron chi connectivity index (χ2n) is 8.59. The van der Waals surface area contributed by atoms with Gasteiger partial charge in [-0.05, 0) is 44.4 Å². The molecular formula is C24H27N7O4. The SMILES string of the molecule is Cc1cc2cc(n1)-c1cnn(C)c1OCCCCCn1c(nc3ccn(CCO)c(=O)c31)NC2=O. The van der Waals surface area contributed by atoms with Gasteiger partial charge in [-0.15, -0.1) is 0 Å². The maximum Gasteiger partial charge on any atom is 0.276 e. The highest BCUT2D eigenvalue weighted by Gasteiger charge is 2.21. The molecule has 1 aliphatic rings. The molecular weight excluding hydrogens is 450 g/mol. The van der Waals surface area contributed by atoms with Crippen molar-refractivity contribution < 1.29 is 14.6 Å². The lowest BCUT2D eigenvalue weighted by atomic mass is 10.1. The highest BCUT2D eigenvalue weighted by Crippen LogP contribution is 2.30. The molecule has 2 N–H and O–H groups in total. The number of amides is 1. The highest BCUT2D eigenvalue weighted by molar-refractivity contribution is 6.04. The molecule has 0 unspecified atom stereocenters. The molecule has 0 atom stereocenters. The predicted molar refractivity (Wildman–Crippen MR) is 130 cm³/mol. The first-order valence-electron chi connectivity index (χ1n) is 11.6. The van der Waals surface area contributed by atoms with Crippen LogP contribution in [-0.2, 0) is 20.1 Å². The Kier molecular flexibility index (Phi) is 6.08. The number of imidazole rings is 1. The van der Waals surface area contributed by atoms with Gasteiger partial charge < -0.3 is 19.0 Å². The van der Waals surface area contributed by atoms with Gasteiger partial charge in [-0.1, -0.05) is 0 Å². The number of nitrogens with one attached hydrogen (secondary N) is 1. The molecule has 0 spiro atoms. The number of hydrogen-bond donors (Lipinski definition) is 2. The number of ether oxygens (including phenoxy) is 1. The van der Waals surface area contributed by atoms with E-state index in [2.05, 4.69) is 20.4 Å². The number of carbonyl (C=O) groups is 1. The van der Waals surface area contributed by atoms with Gasteiger partial charge in [0.1, 0.15) is 5.52 Å². The molecule has 0 fully saturated rings. The summed E-state index contributed by atoms with van der Waals surface area (Å²) in [5, 5.41) is 16.5. The van der Waals surface area contributed by atoms with E-state index in [1.807, 2.05) is 14.0 Å². The van der Waals surface area contributed by atoms with Gasteiger partial charge in [0, 0.05) is 37.6 Å². The van der Waals surface area contributed by atoms with E-state index in [-0.39, 0.29) is 24.6 Å². The average molecular weight is 478 g/mol. The summed E-state index contributed by atoms with van der Waals surface area (Å²) in [7, 11) is 1.81. The fourth-order valence-corrected chi connectivity index (χ4v) is 4.38. The van der Waals surface area contributed by atoms with Crippen molar-refractivity contribution >= 4 is 22.9 Å². The zero-order valence-corrected chi connectivity index (χ0v) is 19.7. The van der Waals surface area contributed by atoms with Crippen LogP contribution in [0.1, 0.15) is 35.3 Å². The lowest BCUT2D eigenvalue weighted by molar-refractivity contribution is 0.102. The van der Waals surface area contributed by atoms with Crippen molar-refractivity contribution in [1.29, 1.82) is 0 Å². The van der Waals surface area contributed by atoms with Crippen molar-refractivity contribution in [2.45, 2.75) is 39.3 Å². The molecule has 0 aliphatic carbocycles. The number of rotatable bonds is 2. The Hall–Kier alpha value is -3.99.